The van der Waals surface area contributed by atoms with Crippen molar-refractivity contribution in [3.63, 3.8) is 0 Å². The first kappa shape index (κ1) is 21.7. The highest BCUT2D eigenvalue weighted by Crippen LogP contribution is 2.18. The summed E-state index contributed by atoms with van der Waals surface area (Å²) in [6.07, 6.45) is 3.96. The van der Waals surface area contributed by atoms with Gasteiger partial charge in [0.1, 0.15) is 18.0 Å². The number of aryl methyl sites for hydroxylation is 2. The van der Waals surface area contributed by atoms with Crippen LogP contribution in [-0.4, -0.2) is 62.3 Å². The van der Waals surface area contributed by atoms with Crippen LogP contribution in [0.15, 0.2) is 59.4 Å². The van der Waals surface area contributed by atoms with E-state index in [9.17, 15) is 9.59 Å². The maximum absolute atomic E-state index is 13.0. The molecule has 2 amide bonds. The van der Waals surface area contributed by atoms with Crippen LogP contribution < -0.4 is 4.74 Å². The summed E-state index contributed by atoms with van der Waals surface area (Å²) in [5, 5.41) is 3.77. The predicted octanol–water partition coefficient (Wildman–Crippen LogP) is 3.12. The monoisotopic (exact) mass is 459 g/mol. The molecule has 0 atom stereocenters. The van der Waals surface area contributed by atoms with Crippen molar-refractivity contribution in [3.8, 4) is 5.75 Å². The topological polar surface area (TPSA) is 93.2 Å². The van der Waals surface area contributed by atoms with Crippen molar-refractivity contribution in [2.24, 2.45) is 0 Å². The molecule has 1 aromatic carbocycles. The van der Waals surface area contributed by atoms with E-state index >= 15 is 0 Å². The number of piperazine rings is 1. The molecule has 0 radical (unpaired) electrons. The molecule has 9 heteroatoms. The number of nitrogens with zero attached hydrogens (tertiary/aromatic N) is 5. The number of benzene rings is 1. The van der Waals surface area contributed by atoms with Crippen molar-refractivity contribution in [2.75, 3.05) is 26.2 Å². The second-order valence-electron chi connectivity index (χ2n) is 8.44. The maximum atomic E-state index is 13.0. The minimum atomic E-state index is -0.204. The molecule has 5 rings (SSSR count). The summed E-state index contributed by atoms with van der Waals surface area (Å²) in [6, 6.07) is 12.8. The first-order valence-corrected chi connectivity index (χ1v) is 11.2. The molecule has 0 saturated carbocycles. The van der Waals surface area contributed by atoms with Crippen LogP contribution in [0.2, 0.25) is 0 Å². The van der Waals surface area contributed by atoms with Crippen molar-refractivity contribution < 1.29 is 18.8 Å². The molecule has 34 heavy (non-hydrogen) atoms. The number of carbonyl (C=O) groups is 2. The Labute approximate surface area is 196 Å². The molecule has 1 saturated heterocycles. The predicted molar refractivity (Wildman–Crippen MR) is 124 cm³/mol. The van der Waals surface area contributed by atoms with Crippen molar-refractivity contribution in [2.45, 2.75) is 20.5 Å². The van der Waals surface area contributed by atoms with E-state index in [1.807, 2.05) is 48.0 Å². The lowest BCUT2D eigenvalue weighted by Gasteiger charge is -2.34. The molecule has 0 unspecified atom stereocenters. The van der Waals surface area contributed by atoms with E-state index in [4.69, 9.17) is 9.26 Å². The molecule has 0 bridgehead atoms. The second-order valence-corrected chi connectivity index (χ2v) is 8.44. The van der Waals surface area contributed by atoms with E-state index in [-0.39, 0.29) is 17.6 Å². The number of ether oxygens (including phenoxy) is 1. The molecule has 0 spiro atoms. The van der Waals surface area contributed by atoms with E-state index in [0.29, 0.717) is 49.8 Å². The molecule has 9 nitrogen and oxygen atoms in total. The number of rotatable bonds is 5. The zero-order valence-electron chi connectivity index (χ0n) is 19.1. The molecule has 0 N–H and O–H groups in total. The summed E-state index contributed by atoms with van der Waals surface area (Å²) in [4.78, 5) is 33.6. The van der Waals surface area contributed by atoms with E-state index in [0.717, 1.165) is 16.9 Å². The zero-order valence-corrected chi connectivity index (χ0v) is 19.1. The molecule has 4 aromatic rings. The van der Waals surface area contributed by atoms with E-state index in [1.54, 1.807) is 34.9 Å². The SMILES string of the molecule is Cc1ccc2nc(COc3cccc(C(=O)N4CCN(C(=O)c5cc(C)no5)CC4)c3)cn2c1. The minimum absolute atomic E-state index is 0.0868. The van der Waals surface area contributed by atoms with Gasteiger partial charge in [-0.15, -0.1) is 0 Å². The van der Waals surface area contributed by atoms with Crippen LogP contribution >= 0.6 is 0 Å². The third-order valence-electron chi connectivity index (χ3n) is 5.81. The van der Waals surface area contributed by atoms with Crippen LogP contribution in [0.5, 0.6) is 5.75 Å². The molecule has 1 aliphatic heterocycles. The average molecular weight is 460 g/mol. The summed E-state index contributed by atoms with van der Waals surface area (Å²) in [7, 11) is 0. The van der Waals surface area contributed by atoms with Crippen LogP contribution in [0.25, 0.3) is 5.65 Å². The Morgan fingerprint density at radius 3 is 2.47 bits per heavy atom. The van der Waals surface area contributed by atoms with Gasteiger partial charge in [-0.3, -0.25) is 9.59 Å². The van der Waals surface area contributed by atoms with Crippen LogP contribution in [0.3, 0.4) is 0 Å². The third-order valence-corrected chi connectivity index (χ3v) is 5.81. The molecule has 4 heterocycles. The second kappa shape index (κ2) is 9.01. The lowest BCUT2D eigenvalue weighted by molar-refractivity contribution is 0.0512. The highest BCUT2D eigenvalue weighted by atomic mass is 16.5. The highest BCUT2D eigenvalue weighted by Gasteiger charge is 2.27. The summed E-state index contributed by atoms with van der Waals surface area (Å²) in [5.41, 5.74) is 4.04. The molecular formula is C25H25N5O4. The van der Waals surface area contributed by atoms with Gasteiger partial charge >= 0.3 is 0 Å². The van der Waals surface area contributed by atoms with Crippen LogP contribution in [0, 0.1) is 13.8 Å². The van der Waals surface area contributed by atoms with Gasteiger partial charge < -0.3 is 23.5 Å². The van der Waals surface area contributed by atoms with E-state index in [1.165, 1.54) is 0 Å². The number of aromatic nitrogens is 3. The fourth-order valence-corrected chi connectivity index (χ4v) is 4.02. The Kier molecular flexibility index (Phi) is 5.75. The Bertz CT molecular complexity index is 1350. The number of fused-ring (bicyclic) bond motifs is 1. The fraction of sp³-hybridized carbons (Fsp3) is 0.280. The largest absolute Gasteiger partial charge is 0.487 e. The number of carbonyl (C=O) groups excluding carboxylic acids is 2. The van der Waals surface area contributed by atoms with E-state index < -0.39 is 0 Å². The fourth-order valence-electron chi connectivity index (χ4n) is 4.02. The van der Waals surface area contributed by atoms with Crippen LogP contribution in [0.1, 0.15) is 37.9 Å². The molecule has 0 aliphatic carbocycles. The number of pyridine rings is 1. The van der Waals surface area contributed by atoms with Gasteiger partial charge in [0, 0.05) is 50.2 Å². The molecule has 174 valence electrons. The van der Waals surface area contributed by atoms with Gasteiger partial charge in [0.05, 0.1) is 11.4 Å². The van der Waals surface area contributed by atoms with Gasteiger partial charge in [0.25, 0.3) is 11.8 Å². The zero-order chi connectivity index (χ0) is 23.7. The van der Waals surface area contributed by atoms with Gasteiger partial charge in [-0.1, -0.05) is 17.3 Å². The molecule has 1 aliphatic rings. The normalized spacial score (nSPS) is 13.9. The molecule has 1 fully saturated rings. The van der Waals surface area contributed by atoms with Gasteiger partial charge in [-0.25, -0.2) is 4.98 Å². The van der Waals surface area contributed by atoms with Gasteiger partial charge in [-0.05, 0) is 43.7 Å². The lowest BCUT2D eigenvalue weighted by atomic mass is 10.1. The number of hydrogen-bond acceptors (Lipinski definition) is 6. The Hall–Kier alpha value is -4.14. The van der Waals surface area contributed by atoms with E-state index in [2.05, 4.69) is 10.1 Å². The Balaban J connectivity index is 1.19. The highest BCUT2D eigenvalue weighted by molar-refractivity contribution is 5.95. The van der Waals surface area contributed by atoms with Crippen molar-refractivity contribution in [1.82, 2.24) is 24.3 Å². The van der Waals surface area contributed by atoms with Crippen LogP contribution in [-0.2, 0) is 6.61 Å². The smallest absolute Gasteiger partial charge is 0.292 e. The standard InChI is InChI=1S/C25H25N5O4/c1-17-6-7-23-26-20(15-30(23)14-17)16-33-21-5-3-4-19(13-21)24(31)28-8-10-29(11-9-28)25(32)22-12-18(2)27-34-22/h3-7,12-15H,8-11,16H2,1-2H3. The van der Waals surface area contributed by atoms with Gasteiger partial charge in [0.2, 0.25) is 5.76 Å². The van der Waals surface area contributed by atoms with Crippen molar-refractivity contribution in [3.05, 3.63) is 83.1 Å². The third kappa shape index (κ3) is 4.50. The Morgan fingerprint density at radius 1 is 0.971 bits per heavy atom. The quantitative estimate of drug-likeness (QED) is 0.455. The minimum Gasteiger partial charge on any atom is -0.487 e. The summed E-state index contributed by atoms with van der Waals surface area (Å²) >= 11 is 0. The van der Waals surface area contributed by atoms with Crippen LogP contribution in [0.4, 0.5) is 0 Å². The number of amides is 2. The molecular weight excluding hydrogens is 434 g/mol. The molecule has 3 aromatic heterocycles. The first-order chi connectivity index (χ1) is 16.5. The van der Waals surface area contributed by atoms with Crippen molar-refractivity contribution >= 4 is 17.5 Å². The summed E-state index contributed by atoms with van der Waals surface area (Å²) < 4.78 is 13.0. The first-order valence-electron chi connectivity index (χ1n) is 11.2. The Morgan fingerprint density at radius 2 is 1.74 bits per heavy atom. The number of hydrogen-bond donors (Lipinski definition) is 0. The van der Waals surface area contributed by atoms with Crippen molar-refractivity contribution in [1.29, 1.82) is 0 Å². The summed E-state index contributed by atoms with van der Waals surface area (Å²) in [6.45, 7) is 5.88. The number of imidazole rings is 1. The van der Waals surface area contributed by atoms with Gasteiger partial charge in [-0.2, -0.15) is 0 Å². The lowest BCUT2D eigenvalue weighted by Crippen LogP contribution is -2.50. The average Bonchev–Trinajstić information content (AvgIpc) is 3.47. The van der Waals surface area contributed by atoms with Gasteiger partial charge in [0.15, 0.2) is 0 Å². The maximum Gasteiger partial charge on any atom is 0.292 e. The summed E-state index contributed by atoms with van der Waals surface area (Å²) in [5.74, 6) is 0.540.